The van der Waals surface area contributed by atoms with Crippen LogP contribution in [0.3, 0.4) is 0 Å². The Morgan fingerprint density at radius 3 is 2.04 bits per heavy atom. The van der Waals surface area contributed by atoms with Crippen LogP contribution in [0.4, 0.5) is 10.5 Å². The lowest BCUT2D eigenvalue weighted by molar-refractivity contribution is 0.0257. The number of aliphatic hydroxyl groups is 2. The number of benzene rings is 3. The van der Waals surface area contributed by atoms with E-state index in [2.05, 4.69) is 44.5 Å². The van der Waals surface area contributed by atoms with E-state index in [1.54, 1.807) is 30.6 Å². The number of aromatic nitrogens is 5. The van der Waals surface area contributed by atoms with Gasteiger partial charge in [0, 0.05) is 57.2 Å². The summed E-state index contributed by atoms with van der Waals surface area (Å²) in [6.07, 6.45) is 4.34. The molecule has 0 spiro atoms. The van der Waals surface area contributed by atoms with Crippen LogP contribution in [-0.4, -0.2) is 47.8 Å². The molecule has 7 aromatic rings. The molecule has 10 nitrogen and oxygen atoms in total. The topological polar surface area (TPSA) is 149 Å². The number of nitrogens with zero attached hydrogens (tertiary/aromatic N) is 3. The van der Waals surface area contributed by atoms with Crippen LogP contribution in [0, 0.1) is 0 Å². The summed E-state index contributed by atoms with van der Waals surface area (Å²) in [5.41, 5.74) is 13.5. The molecule has 3 aliphatic rings. The number of carbonyl (C=O) groups is 1. The van der Waals surface area contributed by atoms with Crippen molar-refractivity contribution >= 4 is 46.0 Å². The Morgan fingerprint density at radius 2 is 1.32 bits per heavy atom. The van der Waals surface area contributed by atoms with E-state index in [9.17, 15) is 15.0 Å². The minimum absolute atomic E-state index is 0.0507. The number of fused-ring (bicyclic) bond motifs is 11. The Bertz CT molecular complexity index is 2820. The standard InChI is InChI=1S/C46H34N6O4/c53-44-40-24-31-15-17-38(50-31)41(27-19-21-47-22-20-27)37-16-13-29(48-37)23-30-14-18-39(49-30)42(43(52-40)45(44)54)26-9-11-28(12-10-26)51-46(55)56-25-36-34-7-3-1-5-32(34)33-6-2-4-8-35(33)36/h1-24,36,44-45,49-50,53-54H,25H2,(H,51,55). The van der Waals surface area contributed by atoms with Crippen LogP contribution in [-0.2, 0) is 4.74 Å². The molecule has 0 fully saturated rings. The van der Waals surface area contributed by atoms with Crippen LogP contribution in [0.5, 0.6) is 0 Å². The highest BCUT2D eigenvalue weighted by Gasteiger charge is 2.32. The molecule has 0 saturated heterocycles. The van der Waals surface area contributed by atoms with Crippen LogP contribution in [0.1, 0.15) is 52.0 Å². The molecule has 10 heteroatoms. The van der Waals surface area contributed by atoms with Gasteiger partial charge in [0.25, 0.3) is 0 Å². The minimum atomic E-state index is -1.30. The molecule has 2 unspecified atom stereocenters. The predicted molar refractivity (Wildman–Crippen MR) is 217 cm³/mol. The quantitative estimate of drug-likeness (QED) is 0.118. The first-order chi connectivity index (χ1) is 27.5. The number of nitrogens with one attached hydrogen (secondary N) is 3. The molecule has 4 aromatic heterocycles. The van der Waals surface area contributed by atoms with Gasteiger partial charge in [0.2, 0.25) is 0 Å². The highest BCUT2D eigenvalue weighted by Crippen LogP contribution is 2.45. The Morgan fingerprint density at radius 1 is 0.679 bits per heavy atom. The molecule has 10 rings (SSSR count). The van der Waals surface area contributed by atoms with Gasteiger partial charge < -0.3 is 24.9 Å². The number of ether oxygens (including phenoxy) is 1. The van der Waals surface area contributed by atoms with Gasteiger partial charge in [0.15, 0.2) is 0 Å². The van der Waals surface area contributed by atoms with Gasteiger partial charge in [0.05, 0.1) is 22.8 Å². The number of H-pyrrole nitrogens is 2. The van der Waals surface area contributed by atoms with E-state index in [1.165, 1.54) is 0 Å². The Kier molecular flexibility index (Phi) is 8.13. The third-order valence-corrected chi connectivity index (χ3v) is 10.6. The van der Waals surface area contributed by atoms with Gasteiger partial charge in [-0.1, -0.05) is 60.7 Å². The van der Waals surface area contributed by atoms with Gasteiger partial charge in [-0.25, -0.2) is 9.78 Å². The molecule has 2 atom stereocenters. The molecule has 6 heterocycles. The molecule has 0 saturated carbocycles. The van der Waals surface area contributed by atoms with E-state index in [-0.39, 0.29) is 12.5 Å². The number of carbonyl (C=O) groups excluding carboxylic acids is 1. The number of aromatic amines is 2. The monoisotopic (exact) mass is 734 g/mol. The molecule has 272 valence electrons. The molecule has 3 aromatic carbocycles. The maximum Gasteiger partial charge on any atom is 0.411 e. The summed E-state index contributed by atoms with van der Waals surface area (Å²) in [7, 11) is 0. The Hall–Kier alpha value is -7.14. The Labute approximate surface area is 320 Å². The summed E-state index contributed by atoms with van der Waals surface area (Å²) in [4.78, 5) is 34.0. The lowest BCUT2D eigenvalue weighted by Gasteiger charge is -2.15. The van der Waals surface area contributed by atoms with E-state index < -0.39 is 18.3 Å². The third kappa shape index (κ3) is 5.94. The van der Waals surface area contributed by atoms with Crippen molar-refractivity contribution in [2.24, 2.45) is 0 Å². The minimum Gasteiger partial charge on any atom is -0.448 e. The van der Waals surface area contributed by atoms with Gasteiger partial charge in [-0.05, 0) is 106 Å². The van der Waals surface area contributed by atoms with Crippen LogP contribution >= 0.6 is 0 Å². The van der Waals surface area contributed by atoms with Crippen molar-refractivity contribution in [2.75, 3.05) is 11.9 Å². The SMILES string of the molecule is O=C(Nc1ccc(-c2c3nc(cc4ccc([nH]4)c(-c4ccncc4)c4nc(cc5ccc2[nH]5)C=C4)C(O)C3O)cc1)OCC1c2ccccc2-c2ccccc21. The molecule has 2 aliphatic heterocycles. The molecule has 8 bridgehead atoms. The zero-order valence-electron chi connectivity index (χ0n) is 29.8. The summed E-state index contributed by atoms with van der Waals surface area (Å²) in [5, 5.41) is 25.7. The first-order valence-corrected chi connectivity index (χ1v) is 18.4. The van der Waals surface area contributed by atoms with E-state index in [4.69, 9.17) is 14.7 Å². The molecule has 1 amide bonds. The molecular weight excluding hydrogens is 701 g/mol. The van der Waals surface area contributed by atoms with Gasteiger partial charge in [0.1, 0.15) is 18.8 Å². The summed E-state index contributed by atoms with van der Waals surface area (Å²) in [6, 6.07) is 39.0. The molecular formula is C46H34N6O4. The smallest absolute Gasteiger partial charge is 0.411 e. The second-order valence-electron chi connectivity index (χ2n) is 14.0. The fourth-order valence-electron chi connectivity index (χ4n) is 7.98. The number of hydrogen-bond donors (Lipinski definition) is 5. The molecule has 56 heavy (non-hydrogen) atoms. The number of amides is 1. The fraction of sp³-hybridized carbons (Fsp3) is 0.0870. The zero-order chi connectivity index (χ0) is 37.8. The highest BCUT2D eigenvalue weighted by atomic mass is 16.5. The van der Waals surface area contributed by atoms with E-state index in [1.807, 2.05) is 91.0 Å². The first-order valence-electron chi connectivity index (χ1n) is 18.4. The van der Waals surface area contributed by atoms with Crippen molar-refractivity contribution in [3.8, 4) is 33.4 Å². The van der Waals surface area contributed by atoms with Crippen LogP contribution in [0.2, 0.25) is 0 Å². The maximum atomic E-state index is 13.1. The molecule has 5 N–H and O–H groups in total. The van der Waals surface area contributed by atoms with Crippen LogP contribution < -0.4 is 5.32 Å². The Balaban J connectivity index is 1.00. The van der Waals surface area contributed by atoms with Gasteiger partial charge >= 0.3 is 6.09 Å². The van der Waals surface area contributed by atoms with Gasteiger partial charge in [-0.15, -0.1) is 0 Å². The summed E-state index contributed by atoms with van der Waals surface area (Å²) < 4.78 is 5.78. The average molecular weight is 735 g/mol. The first kappa shape index (κ1) is 33.4. The largest absolute Gasteiger partial charge is 0.448 e. The lowest BCUT2D eigenvalue weighted by atomic mass is 9.98. The lowest BCUT2D eigenvalue weighted by Crippen LogP contribution is -2.17. The van der Waals surface area contributed by atoms with E-state index >= 15 is 0 Å². The maximum absolute atomic E-state index is 13.1. The van der Waals surface area contributed by atoms with Crippen molar-refractivity contribution in [3.63, 3.8) is 0 Å². The summed E-state index contributed by atoms with van der Waals surface area (Å²) >= 11 is 0. The van der Waals surface area contributed by atoms with Gasteiger partial charge in [-0.3, -0.25) is 15.3 Å². The predicted octanol–water partition coefficient (Wildman–Crippen LogP) is 9.34. The van der Waals surface area contributed by atoms with Crippen molar-refractivity contribution in [2.45, 2.75) is 18.1 Å². The number of pyridine rings is 1. The number of aliphatic hydroxyl groups excluding tert-OH is 2. The van der Waals surface area contributed by atoms with Gasteiger partial charge in [-0.2, -0.15) is 0 Å². The number of rotatable bonds is 5. The highest BCUT2D eigenvalue weighted by molar-refractivity contribution is 5.91. The normalized spacial score (nSPS) is 15.7. The summed E-state index contributed by atoms with van der Waals surface area (Å²) in [6.45, 7) is 0.202. The van der Waals surface area contributed by atoms with Crippen LogP contribution in [0.25, 0.3) is 67.6 Å². The third-order valence-electron chi connectivity index (χ3n) is 10.6. The fourth-order valence-corrected chi connectivity index (χ4v) is 7.98. The molecule has 0 radical (unpaired) electrons. The number of hydrogen-bond acceptors (Lipinski definition) is 7. The van der Waals surface area contributed by atoms with Crippen LogP contribution in [0.15, 0.2) is 134 Å². The average Bonchev–Trinajstić information content (AvgIpc) is 4.07. The van der Waals surface area contributed by atoms with Crippen molar-refractivity contribution < 1.29 is 19.7 Å². The van der Waals surface area contributed by atoms with Crippen molar-refractivity contribution in [1.82, 2.24) is 24.9 Å². The second-order valence-corrected chi connectivity index (χ2v) is 14.0. The summed E-state index contributed by atoms with van der Waals surface area (Å²) in [5.74, 6) is -0.0507. The van der Waals surface area contributed by atoms with Crippen molar-refractivity contribution in [3.05, 3.63) is 168 Å². The second kappa shape index (κ2) is 13.6. The molecule has 1 aliphatic carbocycles. The zero-order valence-corrected chi connectivity index (χ0v) is 29.8. The number of anilines is 1. The van der Waals surface area contributed by atoms with Crippen molar-refractivity contribution in [1.29, 1.82) is 0 Å². The van der Waals surface area contributed by atoms with E-state index in [0.717, 1.165) is 61.4 Å². The van der Waals surface area contributed by atoms with E-state index in [0.29, 0.717) is 33.7 Å².